The summed E-state index contributed by atoms with van der Waals surface area (Å²) in [5.41, 5.74) is -0.254. The molecular weight excluding hydrogens is 417 g/mol. The zero-order valence-corrected chi connectivity index (χ0v) is 20.6. The van der Waals surface area contributed by atoms with Gasteiger partial charge in [0.05, 0.1) is 11.4 Å². The molecule has 0 amide bonds. The molecule has 0 spiro atoms. The molecule has 0 aromatic heterocycles. The van der Waals surface area contributed by atoms with Gasteiger partial charge < -0.3 is 10.0 Å². The van der Waals surface area contributed by atoms with Crippen molar-refractivity contribution in [2.45, 2.75) is 48.5 Å². The summed E-state index contributed by atoms with van der Waals surface area (Å²) in [6.45, 7) is 22.9. The monoisotopic (exact) mass is 454 g/mol. The van der Waals surface area contributed by atoms with E-state index < -0.39 is 17.5 Å². The van der Waals surface area contributed by atoms with Gasteiger partial charge in [-0.2, -0.15) is 0 Å². The Balaban J connectivity index is -0.00000184. The molecule has 0 radical (unpaired) electrons. The summed E-state index contributed by atoms with van der Waals surface area (Å²) in [4.78, 5) is 0.841. The minimum atomic E-state index is -1.17. The molecule has 0 bridgehead atoms. The van der Waals surface area contributed by atoms with Crippen LogP contribution in [0.4, 0.5) is 13.2 Å². The smallest absolute Gasteiger partial charge is 0.179 e. The van der Waals surface area contributed by atoms with Crippen molar-refractivity contribution in [3.63, 3.8) is 0 Å². The Kier molecular flexibility index (Phi) is 23.6. The van der Waals surface area contributed by atoms with Crippen LogP contribution in [0.3, 0.4) is 0 Å². The Morgan fingerprint density at radius 2 is 1.48 bits per heavy atom. The Morgan fingerprint density at radius 3 is 1.90 bits per heavy atom. The molecule has 0 aromatic carbocycles. The van der Waals surface area contributed by atoms with Crippen molar-refractivity contribution in [2.75, 3.05) is 0 Å². The second-order valence-electron chi connectivity index (χ2n) is 5.08. The molecule has 0 aromatic rings. The molecule has 0 fully saturated rings. The lowest BCUT2D eigenvalue weighted by atomic mass is 10.2. The second-order valence-corrected chi connectivity index (χ2v) is 6.13. The first kappa shape index (κ1) is 33.0. The highest BCUT2D eigenvalue weighted by atomic mass is 32.2. The van der Waals surface area contributed by atoms with Crippen LogP contribution in [-0.2, 0) is 0 Å². The zero-order valence-electron chi connectivity index (χ0n) is 19.8. The average Bonchev–Trinajstić information content (AvgIpc) is 2.77. The van der Waals surface area contributed by atoms with E-state index >= 15 is 0 Å². The Morgan fingerprint density at radius 1 is 0.903 bits per heavy atom. The lowest BCUT2D eigenvalue weighted by Gasteiger charge is -2.16. The quantitative estimate of drug-likeness (QED) is 0.240. The fourth-order valence-electron chi connectivity index (χ4n) is 1.57. The van der Waals surface area contributed by atoms with Gasteiger partial charge in [-0.25, -0.2) is 13.2 Å². The average molecular weight is 455 g/mol. The standard InChI is InChI=1S/C21H25F3N2S.2C2H6/c1-7-10-12-13-15(4)27-26-18(9-3)21(20(24)17(6)23)25-19(16(5)22)14-11-8-2;2*1-2/h7-14,25-26H,1,3,5H2,2,4,6H3;2*1-2H3/b11-8+,12-10-,15-13+,19-14+,20-17-,21-18-;;. The molecular formula is C25H37F3N2S. The molecule has 31 heavy (non-hydrogen) atoms. The molecule has 0 heterocycles. The van der Waals surface area contributed by atoms with Gasteiger partial charge in [0, 0.05) is 4.91 Å². The molecule has 0 saturated carbocycles. The molecule has 0 aliphatic heterocycles. The van der Waals surface area contributed by atoms with Crippen molar-refractivity contribution in [2.24, 2.45) is 0 Å². The van der Waals surface area contributed by atoms with Crippen molar-refractivity contribution < 1.29 is 13.2 Å². The Hall–Kier alpha value is -2.60. The third kappa shape index (κ3) is 15.8. The summed E-state index contributed by atoms with van der Waals surface area (Å²) in [5, 5.41) is 2.54. The molecule has 0 unspecified atom stereocenters. The third-order valence-electron chi connectivity index (χ3n) is 2.90. The lowest BCUT2D eigenvalue weighted by Crippen LogP contribution is -2.20. The van der Waals surface area contributed by atoms with E-state index in [1.165, 1.54) is 24.1 Å². The summed E-state index contributed by atoms with van der Waals surface area (Å²) in [5.74, 6) is -3.05. The predicted molar refractivity (Wildman–Crippen MR) is 135 cm³/mol. The van der Waals surface area contributed by atoms with Crippen molar-refractivity contribution in [3.05, 3.63) is 108 Å². The van der Waals surface area contributed by atoms with E-state index in [1.54, 1.807) is 43.4 Å². The van der Waals surface area contributed by atoms with Crippen LogP contribution in [0.25, 0.3) is 0 Å². The first-order valence-electron chi connectivity index (χ1n) is 10.0. The van der Waals surface area contributed by atoms with E-state index in [0.29, 0.717) is 0 Å². The molecule has 0 aliphatic rings. The lowest BCUT2D eigenvalue weighted by molar-refractivity contribution is 0.534. The summed E-state index contributed by atoms with van der Waals surface area (Å²) >= 11 is 1.17. The van der Waals surface area contributed by atoms with E-state index in [-0.39, 0.29) is 17.1 Å². The molecule has 0 aliphatic carbocycles. The highest BCUT2D eigenvalue weighted by Crippen LogP contribution is 2.23. The number of halogens is 3. The van der Waals surface area contributed by atoms with Gasteiger partial charge in [-0.1, -0.05) is 83.9 Å². The molecule has 2 nitrogen and oxygen atoms in total. The van der Waals surface area contributed by atoms with Gasteiger partial charge in [0.2, 0.25) is 0 Å². The fraction of sp³-hybridized carbons (Fsp3) is 0.280. The maximum Gasteiger partial charge on any atom is 0.179 e. The van der Waals surface area contributed by atoms with E-state index in [2.05, 4.69) is 29.8 Å². The van der Waals surface area contributed by atoms with Crippen molar-refractivity contribution >= 4 is 11.9 Å². The first-order chi connectivity index (χ1) is 14.8. The van der Waals surface area contributed by atoms with Crippen molar-refractivity contribution in [1.29, 1.82) is 0 Å². The SMILES string of the molecule is C=C/C=C\C=C(/C)SN/C(C=C)=C(N/C(=C/C=C/C)C(=C)F)/C(F)=C(\C)F.CC.CC. The maximum atomic E-state index is 14.4. The van der Waals surface area contributed by atoms with Gasteiger partial charge in [0.15, 0.2) is 5.83 Å². The van der Waals surface area contributed by atoms with E-state index in [1.807, 2.05) is 34.6 Å². The van der Waals surface area contributed by atoms with Crippen LogP contribution in [0, 0.1) is 0 Å². The van der Waals surface area contributed by atoms with Crippen molar-refractivity contribution in [3.8, 4) is 0 Å². The van der Waals surface area contributed by atoms with Crippen LogP contribution >= 0.6 is 11.9 Å². The normalized spacial score (nSPS) is 13.2. The summed E-state index contributed by atoms with van der Waals surface area (Å²) in [6.07, 6.45) is 12.8. The van der Waals surface area contributed by atoms with E-state index in [4.69, 9.17) is 0 Å². The number of rotatable bonds is 11. The van der Waals surface area contributed by atoms with Crippen LogP contribution in [-0.4, -0.2) is 0 Å². The number of hydrogen-bond acceptors (Lipinski definition) is 3. The van der Waals surface area contributed by atoms with Crippen LogP contribution < -0.4 is 10.0 Å². The van der Waals surface area contributed by atoms with E-state index in [0.717, 1.165) is 11.8 Å². The first-order valence-corrected chi connectivity index (χ1v) is 10.8. The van der Waals surface area contributed by atoms with Crippen LogP contribution in [0.5, 0.6) is 0 Å². The molecule has 0 atom stereocenters. The van der Waals surface area contributed by atoms with Crippen LogP contribution in [0.1, 0.15) is 48.5 Å². The largest absolute Gasteiger partial charge is 0.349 e. The minimum absolute atomic E-state index is 0.105. The zero-order chi connectivity index (χ0) is 24.8. The minimum Gasteiger partial charge on any atom is -0.349 e. The van der Waals surface area contributed by atoms with Crippen LogP contribution in [0.2, 0.25) is 0 Å². The van der Waals surface area contributed by atoms with Gasteiger partial charge >= 0.3 is 0 Å². The fourth-order valence-corrected chi connectivity index (χ4v) is 2.18. The van der Waals surface area contributed by atoms with Crippen LogP contribution in [0.15, 0.2) is 108 Å². The topological polar surface area (TPSA) is 24.1 Å². The Bertz CT molecular complexity index is 736. The number of hydrogen-bond donors (Lipinski definition) is 2. The van der Waals surface area contributed by atoms with Gasteiger partial charge in [-0.3, -0.25) is 0 Å². The second kappa shape index (κ2) is 22.1. The maximum absolute atomic E-state index is 14.4. The van der Waals surface area contributed by atoms with E-state index in [9.17, 15) is 13.2 Å². The predicted octanol–water partition coefficient (Wildman–Crippen LogP) is 9.02. The third-order valence-corrected chi connectivity index (χ3v) is 3.68. The Labute approximate surface area is 191 Å². The van der Waals surface area contributed by atoms with Gasteiger partial charge in [0.25, 0.3) is 0 Å². The molecule has 174 valence electrons. The highest BCUT2D eigenvalue weighted by Gasteiger charge is 2.16. The highest BCUT2D eigenvalue weighted by molar-refractivity contribution is 8.01. The van der Waals surface area contributed by atoms with Crippen molar-refractivity contribution in [1.82, 2.24) is 10.0 Å². The molecule has 0 saturated heterocycles. The summed E-state index contributed by atoms with van der Waals surface area (Å²) < 4.78 is 44.5. The summed E-state index contributed by atoms with van der Waals surface area (Å²) in [6, 6.07) is 0. The number of allylic oxidation sites excluding steroid dienone is 12. The molecule has 2 N–H and O–H groups in total. The van der Waals surface area contributed by atoms with Gasteiger partial charge in [0.1, 0.15) is 17.4 Å². The van der Waals surface area contributed by atoms with Gasteiger partial charge in [-0.05, 0) is 44.9 Å². The summed E-state index contributed by atoms with van der Waals surface area (Å²) in [7, 11) is 0. The molecule has 6 heteroatoms. The number of nitrogens with one attached hydrogen (secondary N) is 2. The van der Waals surface area contributed by atoms with Gasteiger partial charge in [-0.15, -0.1) is 0 Å². The molecule has 0 rings (SSSR count).